The van der Waals surface area contributed by atoms with Crippen molar-refractivity contribution in [3.05, 3.63) is 59.7 Å². The van der Waals surface area contributed by atoms with E-state index in [-0.39, 0.29) is 29.2 Å². The summed E-state index contributed by atoms with van der Waals surface area (Å²) in [5.74, 6) is 0.850. The molecule has 0 aliphatic rings. The molecule has 0 radical (unpaired) electrons. The third kappa shape index (κ3) is 6.03. The predicted octanol–water partition coefficient (Wildman–Crippen LogP) is 4.96. The molecule has 0 fully saturated rings. The number of carbonyl (C=O) groups excluding carboxylic acids is 2. The molecular weight excluding hydrogens is 404 g/mol. The van der Waals surface area contributed by atoms with Crippen molar-refractivity contribution < 1.29 is 19.1 Å². The molecule has 6 heteroatoms. The minimum atomic E-state index is -0.288. The van der Waals surface area contributed by atoms with Crippen molar-refractivity contribution in [1.29, 1.82) is 0 Å². The summed E-state index contributed by atoms with van der Waals surface area (Å²) in [5, 5.41) is 0. The smallest absolute Gasteiger partial charge is 0.314 e. The Hall–Kier alpha value is -1.92. The average Bonchev–Trinajstić information content (AvgIpc) is 2.73. The first-order valence-corrected chi connectivity index (χ1v) is 10.8. The van der Waals surface area contributed by atoms with E-state index in [1.54, 1.807) is 38.1 Å². The van der Waals surface area contributed by atoms with Crippen LogP contribution in [0.1, 0.15) is 38.8 Å². The monoisotopic (exact) mass is 432 g/mol. The Labute approximate surface area is 183 Å². The van der Waals surface area contributed by atoms with Crippen molar-refractivity contribution in [1.82, 2.24) is 0 Å². The highest BCUT2D eigenvalue weighted by Gasteiger charge is 2.24. The van der Waals surface area contributed by atoms with Gasteiger partial charge >= 0.3 is 11.9 Å². The van der Waals surface area contributed by atoms with Gasteiger partial charge in [0.15, 0.2) is 0 Å². The van der Waals surface area contributed by atoms with Crippen molar-refractivity contribution in [2.24, 2.45) is 11.8 Å². The number of thiol groups is 2. The zero-order chi connectivity index (χ0) is 21.6. The summed E-state index contributed by atoms with van der Waals surface area (Å²) in [6.45, 7) is 7.79. The van der Waals surface area contributed by atoms with E-state index in [4.69, 9.17) is 9.47 Å². The van der Waals surface area contributed by atoms with Crippen LogP contribution < -0.4 is 9.47 Å². The van der Waals surface area contributed by atoms with Gasteiger partial charge in [0, 0.05) is 16.9 Å². The van der Waals surface area contributed by atoms with Gasteiger partial charge in [0.1, 0.15) is 11.5 Å². The van der Waals surface area contributed by atoms with Gasteiger partial charge in [0.2, 0.25) is 0 Å². The number of esters is 2. The van der Waals surface area contributed by atoms with E-state index in [1.807, 2.05) is 24.3 Å². The number of hydrogen-bond donors (Lipinski definition) is 2. The summed E-state index contributed by atoms with van der Waals surface area (Å²) >= 11 is 8.25. The highest BCUT2D eigenvalue weighted by molar-refractivity contribution is 7.80. The molecule has 2 aromatic rings. The minimum Gasteiger partial charge on any atom is -0.426 e. The predicted molar refractivity (Wildman–Crippen MR) is 122 cm³/mol. The molecule has 0 saturated carbocycles. The largest absolute Gasteiger partial charge is 0.426 e. The number of rotatable bonds is 8. The van der Waals surface area contributed by atoms with Gasteiger partial charge in [-0.1, -0.05) is 52.0 Å². The van der Waals surface area contributed by atoms with Gasteiger partial charge in [-0.05, 0) is 35.4 Å². The lowest BCUT2D eigenvalue weighted by Crippen LogP contribution is -2.21. The molecule has 0 saturated heterocycles. The molecule has 4 nitrogen and oxygen atoms in total. The Bertz CT molecular complexity index is 759. The molecule has 0 bridgehead atoms. The maximum Gasteiger partial charge on any atom is 0.314 e. The second-order valence-electron chi connectivity index (χ2n) is 7.68. The van der Waals surface area contributed by atoms with Crippen LogP contribution in [0.15, 0.2) is 48.5 Å². The minimum absolute atomic E-state index is 0.252. The van der Waals surface area contributed by atoms with Crippen LogP contribution in [0.5, 0.6) is 11.5 Å². The van der Waals surface area contributed by atoms with Crippen LogP contribution >= 0.6 is 25.3 Å². The summed E-state index contributed by atoms with van der Waals surface area (Å²) in [6.07, 6.45) is 0. The first-order valence-electron chi connectivity index (χ1n) is 9.55. The van der Waals surface area contributed by atoms with Gasteiger partial charge in [-0.15, -0.1) is 0 Å². The van der Waals surface area contributed by atoms with Gasteiger partial charge < -0.3 is 9.47 Å². The van der Waals surface area contributed by atoms with Crippen molar-refractivity contribution in [3.8, 4) is 11.5 Å². The van der Waals surface area contributed by atoms with Crippen LogP contribution in [0.4, 0.5) is 0 Å². The van der Waals surface area contributed by atoms with Crippen molar-refractivity contribution >= 4 is 37.2 Å². The van der Waals surface area contributed by atoms with Gasteiger partial charge in [-0.3, -0.25) is 9.59 Å². The van der Waals surface area contributed by atoms with Gasteiger partial charge in [0.25, 0.3) is 0 Å². The lowest BCUT2D eigenvalue weighted by molar-refractivity contribution is -0.138. The fourth-order valence-electron chi connectivity index (χ4n) is 2.63. The topological polar surface area (TPSA) is 52.6 Å². The highest BCUT2D eigenvalue weighted by atomic mass is 32.1. The number of hydrogen-bond acceptors (Lipinski definition) is 6. The molecule has 0 aliphatic heterocycles. The SMILES string of the molecule is CC(CS)C(=O)Oc1ccc(C(C)(C)c2ccc(OC(=O)C(C)CS)cc2)cc1. The Morgan fingerprint density at radius 2 is 1.07 bits per heavy atom. The van der Waals surface area contributed by atoms with Crippen LogP contribution in [0.2, 0.25) is 0 Å². The molecule has 156 valence electrons. The molecule has 2 rings (SSSR count). The highest BCUT2D eigenvalue weighted by Crippen LogP contribution is 2.33. The van der Waals surface area contributed by atoms with E-state index >= 15 is 0 Å². The molecule has 0 aromatic heterocycles. The van der Waals surface area contributed by atoms with E-state index in [0.717, 1.165) is 11.1 Å². The lowest BCUT2D eigenvalue weighted by atomic mass is 9.78. The molecule has 0 N–H and O–H groups in total. The van der Waals surface area contributed by atoms with E-state index in [9.17, 15) is 9.59 Å². The quantitative estimate of drug-likeness (QED) is 0.352. The third-order valence-corrected chi connectivity index (χ3v) is 6.04. The molecule has 0 aliphatic carbocycles. The van der Waals surface area contributed by atoms with Crippen LogP contribution in [-0.2, 0) is 15.0 Å². The van der Waals surface area contributed by atoms with Crippen LogP contribution in [0.25, 0.3) is 0 Å². The maximum atomic E-state index is 11.9. The van der Waals surface area contributed by atoms with Gasteiger partial charge in [-0.25, -0.2) is 0 Å². The Morgan fingerprint density at radius 3 is 1.34 bits per heavy atom. The fourth-order valence-corrected chi connectivity index (χ4v) is 2.93. The molecule has 2 aromatic carbocycles. The summed E-state index contributed by atoms with van der Waals surface area (Å²) < 4.78 is 10.8. The number of benzene rings is 2. The number of ether oxygens (including phenoxy) is 2. The standard InChI is InChI=1S/C23H28O4S2/c1-15(13-28)21(24)26-19-9-5-17(6-10-19)23(3,4)18-7-11-20(12-8-18)27-22(25)16(2)14-29/h5-12,15-16,28-29H,13-14H2,1-4H3. The Morgan fingerprint density at radius 1 is 0.759 bits per heavy atom. The summed E-state index contributed by atoms with van der Waals surface area (Å²) in [7, 11) is 0. The third-order valence-electron chi connectivity index (χ3n) is 4.94. The van der Waals surface area contributed by atoms with Crippen LogP contribution in [-0.4, -0.2) is 23.4 Å². The second kappa shape index (κ2) is 10.2. The zero-order valence-corrected chi connectivity index (χ0v) is 19.0. The second-order valence-corrected chi connectivity index (χ2v) is 8.41. The number of carbonyl (C=O) groups is 2. The molecule has 2 atom stereocenters. The van der Waals surface area contributed by atoms with Crippen LogP contribution in [0, 0.1) is 11.8 Å². The summed E-state index contributed by atoms with van der Waals surface area (Å²) in [6, 6.07) is 15.0. The molecule has 0 amide bonds. The normalized spacial score (nSPS) is 13.4. The van der Waals surface area contributed by atoms with Gasteiger partial charge in [0.05, 0.1) is 11.8 Å². The van der Waals surface area contributed by atoms with Crippen molar-refractivity contribution in [2.75, 3.05) is 11.5 Å². The van der Waals surface area contributed by atoms with Crippen LogP contribution in [0.3, 0.4) is 0 Å². The molecule has 2 unspecified atom stereocenters. The fraction of sp³-hybridized carbons (Fsp3) is 0.391. The van der Waals surface area contributed by atoms with E-state index in [2.05, 4.69) is 39.1 Å². The van der Waals surface area contributed by atoms with E-state index in [1.165, 1.54) is 0 Å². The van der Waals surface area contributed by atoms with E-state index in [0.29, 0.717) is 23.0 Å². The first kappa shape index (κ1) is 23.4. The lowest BCUT2D eigenvalue weighted by Gasteiger charge is -2.26. The Balaban J connectivity index is 2.11. The average molecular weight is 433 g/mol. The molecule has 0 spiro atoms. The summed E-state index contributed by atoms with van der Waals surface area (Å²) in [4.78, 5) is 23.8. The maximum absolute atomic E-state index is 11.9. The van der Waals surface area contributed by atoms with Gasteiger partial charge in [-0.2, -0.15) is 25.3 Å². The molecule has 29 heavy (non-hydrogen) atoms. The molecular formula is C23H28O4S2. The van der Waals surface area contributed by atoms with E-state index < -0.39 is 0 Å². The summed E-state index contributed by atoms with van der Waals surface area (Å²) in [5.41, 5.74) is 1.88. The zero-order valence-electron chi connectivity index (χ0n) is 17.2. The van der Waals surface area contributed by atoms with Crippen molar-refractivity contribution in [3.63, 3.8) is 0 Å². The Kier molecular flexibility index (Phi) is 8.23. The van der Waals surface area contributed by atoms with Crippen molar-refractivity contribution in [2.45, 2.75) is 33.1 Å². The molecule has 0 heterocycles. The first-order chi connectivity index (χ1) is 13.7.